The van der Waals surface area contributed by atoms with Crippen LogP contribution in [-0.2, 0) is 9.84 Å². The largest absolute Gasteiger partial charge is 0.394 e. The number of nitrogens with one attached hydrogen (secondary N) is 1. The average Bonchev–Trinajstić information content (AvgIpc) is 2.76. The van der Waals surface area contributed by atoms with E-state index in [0.717, 1.165) is 16.6 Å². The van der Waals surface area contributed by atoms with Crippen LogP contribution in [0.4, 0.5) is 5.69 Å². The number of aliphatic hydroxyl groups excluding tert-OH is 1. The number of rotatable bonds is 4. The molecular weight excluding hydrogens is 330 g/mol. The van der Waals surface area contributed by atoms with E-state index >= 15 is 0 Å². The molecule has 0 radical (unpaired) electrons. The van der Waals surface area contributed by atoms with E-state index in [1.165, 1.54) is 6.26 Å². The summed E-state index contributed by atoms with van der Waals surface area (Å²) in [6, 6.07) is 7.52. The zero-order valence-corrected chi connectivity index (χ0v) is 13.2. The van der Waals surface area contributed by atoms with Crippen molar-refractivity contribution in [1.29, 1.82) is 0 Å². The third kappa shape index (κ3) is 3.12. The molecule has 2 atom stereocenters. The highest BCUT2D eigenvalue weighted by Gasteiger charge is 2.47. The van der Waals surface area contributed by atoms with Gasteiger partial charge in [-0.25, -0.2) is 8.42 Å². The molecule has 19 heavy (non-hydrogen) atoms. The first-order valence-corrected chi connectivity index (χ1v) is 8.96. The molecule has 0 aliphatic heterocycles. The van der Waals surface area contributed by atoms with Gasteiger partial charge in [0, 0.05) is 16.4 Å². The maximum atomic E-state index is 11.9. The van der Waals surface area contributed by atoms with Gasteiger partial charge in [-0.2, -0.15) is 0 Å². The molecule has 1 aromatic rings. The van der Waals surface area contributed by atoms with E-state index in [0.29, 0.717) is 12.8 Å². The van der Waals surface area contributed by atoms with Crippen LogP contribution in [0.3, 0.4) is 0 Å². The standard InChI is InChI=1S/C13H18BrNO3S/c1-19(17,18)12-3-2-8-13(12,9-16)15-11-6-4-10(14)5-7-11/h4-7,12,15-16H,2-3,8-9H2,1H3. The van der Waals surface area contributed by atoms with Crippen molar-refractivity contribution < 1.29 is 13.5 Å². The number of hydrogen-bond acceptors (Lipinski definition) is 4. The molecule has 1 aromatic carbocycles. The Morgan fingerprint density at radius 1 is 1.42 bits per heavy atom. The summed E-state index contributed by atoms with van der Waals surface area (Å²) in [4.78, 5) is 0. The lowest BCUT2D eigenvalue weighted by Crippen LogP contribution is -2.51. The van der Waals surface area contributed by atoms with E-state index in [9.17, 15) is 13.5 Å². The van der Waals surface area contributed by atoms with Gasteiger partial charge in [-0.05, 0) is 43.5 Å². The van der Waals surface area contributed by atoms with Gasteiger partial charge in [0.15, 0.2) is 9.84 Å². The van der Waals surface area contributed by atoms with Crippen LogP contribution >= 0.6 is 15.9 Å². The lowest BCUT2D eigenvalue weighted by molar-refractivity contribution is 0.215. The first-order chi connectivity index (χ1) is 8.87. The highest BCUT2D eigenvalue weighted by molar-refractivity contribution is 9.10. The fraction of sp³-hybridized carbons (Fsp3) is 0.538. The van der Waals surface area contributed by atoms with E-state index in [-0.39, 0.29) is 6.61 Å². The molecule has 1 aliphatic carbocycles. The van der Waals surface area contributed by atoms with Crippen LogP contribution < -0.4 is 5.32 Å². The third-order valence-corrected chi connectivity index (χ3v) is 5.99. The predicted molar refractivity (Wildman–Crippen MR) is 80.1 cm³/mol. The van der Waals surface area contributed by atoms with E-state index < -0.39 is 20.6 Å². The van der Waals surface area contributed by atoms with E-state index in [4.69, 9.17) is 0 Å². The van der Waals surface area contributed by atoms with Crippen molar-refractivity contribution in [3.63, 3.8) is 0 Å². The molecule has 6 heteroatoms. The molecule has 0 bridgehead atoms. The Bertz CT molecular complexity index is 544. The van der Waals surface area contributed by atoms with E-state index in [1.807, 2.05) is 24.3 Å². The van der Waals surface area contributed by atoms with Gasteiger partial charge in [0.05, 0.1) is 17.4 Å². The highest BCUT2D eigenvalue weighted by Crippen LogP contribution is 2.37. The molecule has 106 valence electrons. The number of hydrogen-bond donors (Lipinski definition) is 2. The van der Waals surface area contributed by atoms with Crippen LogP contribution in [0.5, 0.6) is 0 Å². The minimum Gasteiger partial charge on any atom is -0.394 e. The van der Waals surface area contributed by atoms with Gasteiger partial charge in [-0.3, -0.25) is 0 Å². The van der Waals surface area contributed by atoms with Crippen LogP contribution in [0.1, 0.15) is 19.3 Å². The number of aliphatic hydroxyl groups is 1. The van der Waals surface area contributed by atoms with Crippen molar-refractivity contribution in [2.75, 3.05) is 18.2 Å². The zero-order valence-electron chi connectivity index (χ0n) is 10.8. The second-order valence-corrected chi connectivity index (χ2v) is 8.30. The normalized spacial score (nSPS) is 27.4. The molecule has 2 unspecified atom stereocenters. The molecule has 2 rings (SSSR count). The first kappa shape index (κ1) is 14.8. The Morgan fingerprint density at radius 3 is 2.58 bits per heavy atom. The first-order valence-electron chi connectivity index (χ1n) is 6.21. The Hall–Kier alpha value is -0.590. The Morgan fingerprint density at radius 2 is 2.05 bits per heavy atom. The fourth-order valence-electron chi connectivity index (χ4n) is 2.85. The smallest absolute Gasteiger partial charge is 0.152 e. The summed E-state index contributed by atoms with van der Waals surface area (Å²) >= 11 is 3.36. The number of halogens is 1. The van der Waals surface area contributed by atoms with Gasteiger partial charge in [-0.1, -0.05) is 15.9 Å². The maximum Gasteiger partial charge on any atom is 0.152 e. The Kier molecular flexibility index (Phi) is 4.23. The zero-order chi connectivity index (χ0) is 14.1. The fourth-order valence-corrected chi connectivity index (χ4v) is 4.78. The van der Waals surface area contributed by atoms with Crippen molar-refractivity contribution in [2.24, 2.45) is 0 Å². The molecule has 1 aliphatic rings. The summed E-state index contributed by atoms with van der Waals surface area (Å²) in [7, 11) is -3.18. The van der Waals surface area contributed by atoms with Crippen LogP contribution in [0.2, 0.25) is 0 Å². The Balaban J connectivity index is 2.30. The molecule has 0 amide bonds. The van der Waals surface area contributed by atoms with Crippen LogP contribution in [0, 0.1) is 0 Å². The molecule has 1 fully saturated rings. The van der Waals surface area contributed by atoms with E-state index in [1.54, 1.807) is 0 Å². The monoisotopic (exact) mass is 347 g/mol. The predicted octanol–water partition coefficient (Wildman–Crippen LogP) is 2.19. The topological polar surface area (TPSA) is 66.4 Å². The summed E-state index contributed by atoms with van der Waals surface area (Å²) in [6.45, 7) is -0.180. The number of benzene rings is 1. The average molecular weight is 348 g/mol. The molecule has 4 nitrogen and oxygen atoms in total. The van der Waals surface area contributed by atoms with Gasteiger partial charge < -0.3 is 10.4 Å². The minimum absolute atomic E-state index is 0.180. The van der Waals surface area contributed by atoms with Crippen molar-refractivity contribution >= 4 is 31.5 Å². The summed E-state index contributed by atoms with van der Waals surface area (Å²) in [5.41, 5.74) is 0.0642. The molecule has 2 N–H and O–H groups in total. The second-order valence-electron chi connectivity index (χ2n) is 5.16. The summed E-state index contributed by atoms with van der Waals surface area (Å²) in [5.74, 6) is 0. The summed E-state index contributed by atoms with van der Waals surface area (Å²) in [5, 5.41) is 12.4. The molecule has 0 aromatic heterocycles. The van der Waals surface area contributed by atoms with E-state index in [2.05, 4.69) is 21.2 Å². The number of anilines is 1. The van der Waals surface area contributed by atoms with Gasteiger partial charge in [-0.15, -0.1) is 0 Å². The minimum atomic E-state index is -3.18. The molecule has 0 saturated heterocycles. The third-order valence-electron chi connectivity index (χ3n) is 3.74. The van der Waals surface area contributed by atoms with Crippen LogP contribution in [-0.4, -0.2) is 37.2 Å². The quantitative estimate of drug-likeness (QED) is 0.875. The lowest BCUT2D eigenvalue weighted by atomic mass is 9.98. The Labute approximate surface area is 122 Å². The molecule has 0 spiro atoms. The summed E-state index contributed by atoms with van der Waals surface area (Å²) < 4.78 is 24.7. The maximum absolute atomic E-state index is 11.9. The second kappa shape index (κ2) is 5.42. The summed E-state index contributed by atoms with van der Waals surface area (Å²) in [6.07, 6.45) is 3.32. The molecular formula is C13H18BrNO3S. The highest BCUT2D eigenvalue weighted by atomic mass is 79.9. The van der Waals surface area contributed by atoms with Crippen molar-refractivity contribution in [1.82, 2.24) is 0 Å². The van der Waals surface area contributed by atoms with Crippen molar-refractivity contribution in [3.8, 4) is 0 Å². The van der Waals surface area contributed by atoms with Gasteiger partial charge in [0.25, 0.3) is 0 Å². The van der Waals surface area contributed by atoms with Gasteiger partial charge in [0.1, 0.15) is 0 Å². The van der Waals surface area contributed by atoms with Gasteiger partial charge >= 0.3 is 0 Å². The number of sulfone groups is 1. The SMILES string of the molecule is CS(=O)(=O)C1CCCC1(CO)Nc1ccc(Br)cc1. The molecule has 1 saturated carbocycles. The molecule has 0 heterocycles. The van der Waals surface area contributed by atoms with Gasteiger partial charge in [0.2, 0.25) is 0 Å². The lowest BCUT2D eigenvalue weighted by Gasteiger charge is -2.34. The van der Waals surface area contributed by atoms with Crippen molar-refractivity contribution in [2.45, 2.75) is 30.1 Å². The van der Waals surface area contributed by atoms with Crippen molar-refractivity contribution in [3.05, 3.63) is 28.7 Å². The van der Waals surface area contributed by atoms with Crippen LogP contribution in [0.15, 0.2) is 28.7 Å². The van der Waals surface area contributed by atoms with Crippen LogP contribution in [0.25, 0.3) is 0 Å².